The molecule has 2 nitrogen and oxygen atoms in total. The van der Waals surface area contributed by atoms with Gasteiger partial charge in [-0.15, -0.1) is 0 Å². The first kappa shape index (κ1) is 26.6. The van der Waals surface area contributed by atoms with Crippen LogP contribution < -0.4 is 0 Å². The monoisotopic (exact) mass is 416 g/mol. The van der Waals surface area contributed by atoms with Crippen molar-refractivity contribution in [3.63, 3.8) is 0 Å². The third-order valence-corrected chi connectivity index (χ3v) is 6.64. The SMILES string of the molecule is CC(=CCc1c(C)c(O)cc(C)c1O)CCCC(C)CCCC(C)CCCC(C)C. The number of rotatable bonds is 14. The normalized spacial score (nSPS) is 14.3. The van der Waals surface area contributed by atoms with Crippen LogP contribution in [-0.4, -0.2) is 10.2 Å². The molecule has 0 amide bonds. The molecule has 1 aromatic rings. The molecule has 2 N–H and O–H groups in total. The minimum atomic E-state index is 0.273. The van der Waals surface area contributed by atoms with Gasteiger partial charge in [-0.1, -0.05) is 84.3 Å². The zero-order chi connectivity index (χ0) is 22.7. The summed E-state index contributed by atoms with van der Waals surface area (Å²) in [5.74, 6) is 3.12. The van der Waals surface area contributed by atoms with Crippen molar-refractivity contribution in [2.24, 2.45) is 17.8 Å². The summed E-state index contributed by atoms with van der Waals surface area (Å²) in [5.41, 5.74) is 3.75. The molecule has 0 aliphatic heterocycles. The summed E-state index contributed by atoms with van der Waals surface area (Å²) in [5, 5.41) is 20.3. The predicted octanol–water partition coefficient (Wildman–Crippen LogP) is 8.64. The van der Waals surface area contributed by atoms with Crippen LogP contribution in [0.25, 0.3) is 0 Å². The fourth-order valence-corrected chi connectivity index (χ4v) is 4.29. The molecule has 1 rings (SSSR count). The highest BCUT2D eigenvalue weighted by molar-refractivity contribution is 5.52. The minimum Gasteiger partial charge on any atom is -0.508 e. The average Bonchev–Trinajstić information content (AvgIpc) is 2.66. The molecule has 0 heterocycles. The van der Waals surface area contributed by atoms with Gasteiger partial charge in [-0.05, 0) is 75.0 Å². The Balaban J connectivity index is 2.28. The van der Waals surface area contributed by atoms with E-state index in [-0.39, 0.29) is 5.75 Å². The molecule has 0 radical (unpaired) electrons. The van der Waals surface area contributed by atoms with Crippen LogP contribution in [0.1, 0.15) is 109 Å². The highest BCUT2D eigenvalue weighted by Gasteiger charge is 2.11. The number of phenols is 2. The van der Waals surface area contributed by atoms with Crippen LogP contribution in [0.3, 0.4) is 0 Å². The van der Waals surface area contributed by atoms with Gasteiger partial charge in [0, 0.05) is 5.56 Å². The summed E-state index contributed by atoms with van der Waals surface area (Å²) in [6, 6.07) is 1.64. The Kier molecular flexibility index (Phi) is 12.2. The molecule has 0 aromatic heterocycles. The lowest BCUT2D eigenvalue weighted by Gasteiger charge is -2.15. The van der Waals surface area contributed by atoms with E-state index in [0.29, 0.717) is 12.2 Å². The Labute approximate surface area is 186 Å². The molecule has 172 valence electrons. The molecule has 0 saturated heterocycles. The Morgan fingerprint density at radius 1 is 0.867 bits per heavy atom. The number of hydrogen-bond acceptors (Lipinski definition) is 2. The first-order valence-corrected chi connectivity index (χ1v) is 12.3. The lowest BCUT2D eigenvalue weighted by Crippen LogP contribution is -2.00. The molecule has 0 bridgehead atoms. The van der Waals surface area contributed by atoms with E-state index in [9.17, 15) is 10.2 Å². The topological polar surface area (TPSA) is 40.5 Å². The van der Waals surface area contributed by atoms with Crippen molar-refractivity contribution >= 4 is 0 Å². The maximum absolute atomic E-state index is 10.3. The van der Waals surface area contributed by atoms with Crippen LogP contribution in [0.5, 0.6) is 11.5 Å². The second-order valence-corrected chi connectivity index (χ2v) is 10.3. The maximum Gasteiger partial charge on any atom is 0.122 e. The number of aromatic hydroxyl groups is 2. The zero-order valence-corrected chi connectivity index (χ0v) is 20.9. The smallest absolute Gasteiger partial charge is 0.122 e. The zero-order valence-electron chi connectivity index (χ0n) is 20.9. The van der Waals surface area contributed by atoms with Gasteiger partial charge in [0.15, 0.2) is 0 Å². The summed E-state index contributed by atoms with van der Waals surface area (Å²) >= 11 is 0. The minimum absolute atomic E-state index is 0.273. The van der Waals surface area contributed by atoms with Gasteiger partial charge < -0.3 is 10.2 Å². The van der Waals surface area contributed by atoms with Gasteiger partial charge in [0.25, 0.3) is 0 Å². The van der Waals surface area contributed by atoms with Crippen LogP contribution in [0, 0.1) is 31.6 Å². The third kappa shape index (κ3) is 10.0. The molecular weight excluding hydrogens is 368 g/mol. The number of benzene rings is 1. The maximum atomic E-state index is 10.3. The molecule has 0 aliphatic rings. The van der Waals surface area contributed by atoms with E-state index < -0.39 is 0 Å². The Morgan fingerprint density at radius 2 is 1.40 bits per heavy atom. The van der Waals surface area contributed by atoms with E-state index in [1.165, 1.54) is 56.9 Å². The van der Waals surface area contributed by atoms with Crippen molar-refractivity contribution < 1.29 is 10.2 Å². The number of allylic oxidation sites excluding steroid dienone is 2. The van der Waals surface area contributed by atoms with E-state index in [1.54, 1.807) is 6.07 Å². The van der Waals surface area contributed by atoms with Crippen molar-refractivity contribution in [2.75, 3.05) is 0 Å². The van der Waals surface area contributed by atoms with Crippen molar-refractivity contribution in [3.8, 4) is 11.5 Å². The molecule has 0 saturated carbocycles. The third-order valence-electron chi connectivity index (χ3n) is 6.64. The van der Waals surface area contributed by atoms with E-state index in [1.807, 2.05) is 13.8 Å². The van der Waals surface area contributed by atoms with Gasteiger partial charge >= 0.3 is 0 Å². The van der Waals surface area contributed by atoms with Crippen molar-refractivity contribution in [1.82, 2.24) is 0 Å². The Morgan fingerprint density at radius 3 is 1.97 bits per heavy atom. The fourth-order valence-electron chi connectivity index (χ4n) is 4.29. The lowest BCUT2D eigenvalue weighted by atomic mass is 9.91. The quantitative estimate of drug-likeness (QED) is 0.235. The standard InChI is InChI=1S/C28H48O2/c1-20(2)11-8-12-21(3)13-9-14-22(4)15-10-16-23(5)17-18-26-25(7)27(29)19-24(6)28(26)30/h17,19-22,29-30H,8-16,18H2,1-7H3. The highest BCUT2D eigenvalue weighted by Crippen LogP contribution is 2.33. The number of aryl methyl sites for hydroxylation is 1. The van der Waals surface area contributed by atoms with Gasteiger partial charge in [0.05, 0.1) is 0 Å². The molecule has 0 spiro atoms. The fraction of sp³-hybridized carbons (Fsp3) is 0.714. The van der Waals surface area contributed by atoms with Crippen LogP contribution in [0.2, 0.25) is 0 Å². The second kappa shape index (κ2) is 13.8. The molecule has 2 unspecified atom stereocenters. The predicted molar refractivity (Wildman–Crippen MR) is 131 cm³/mol. The van der Waals surface area contributed by atoms with Crippen LogP contribution in [0.15, 0.2) is 17.7 Å². The summed E-state index contributed by atoms with van der Waals surface area (Å²) in [6.07, 6.45) is 14.8. The highest BCUT2D eigenvalue weighted by atomic mass is 16.3. The van der Waals surface area contributed by atoms with E-state index in [0.717, 1.165) is 40.9 Å². The first-order valence-electron chi connectivity index (χ1n) is 12.3. The summed E-state index contributed by atoms with van der Waals surface area (Å²) in [7, 11) is 0. The van der Waals surface area contributed by atoms with Crippen molar-refractivity contribution in [1.29, 1.82) is 0 Å². The van der Waals surface area contributed by atoms with E-state index in [2.05, 4.69) is 40.7 Å². The molecular formula is C28H48O2. The number of hydrogen-bond donors (Lipinski definition) is 2. The molecule has 1 aromatic carbocycles. The van der Waals surface area contributed by atoms with Gasteiger partial charge in [0.1, 0.15) is 11.5 Å². The van der Waals surface area contributed by atoms with Crippen LogP contribution >= 0.6 is 0 Å². The van der Waals surface area contributed by atoms with Gasteiger partial charge in [-0.2, -0.15) is 0 Å². The first-order chi connectivity index (χ1) is 14.1. The number of phenolic OH excluding ortho intramolecular Hbond substituents is 2. The summed E-state index contributed by atoms with van der Waals surface area (Å²) in [6.45, 7) is 15.4. The molecule has 0 fully saturated rings. The van der Waals surface area contributed by atoms with Gasteiger partial charge in [0.2, 0.25) is 0 Å². The molecule has 2 heteroatoms. The Bertz CT molecular complexity index is 631. The summed E-state index contributed by atoms with van der Waals surface area (Å²) < 4.78 is 0. The van der Waals surface area contributed by atoms with Crippen LogP contribution in [0.4, 0.5) is 0 Å². The van der Waals surface area contributed by atoms with Crippen LogP contribution in [-0.2, 0) is 6.42 Å². The molecule has 0 aliphatic carbocycles. The van der Waals surface area contributed by atoms with Gasteiger partial charge in [-0.25, -0.2) is 0 Å². The molecule has 2 atom stereocenters. The summed E-state index contributed by atoms with van der Waals surface area (Å²) in [4.78, 5) is 0. The average molecular weight is 417 g/mol. The second-order valence-electron chi connectivity index (χ2n) is 10.3. The Hall–Kier alpha value is -1.44. The molecule has 30 heavy (non-hydrogen) atoms. The van der Waals surface area contributed by atoms with E-state index >= 15 is 0 Å². The largest absolute Gasteiger partial charge is 0.508 e. The van der Waals surface area contributed by atoms with Gasteiger partial charge in [-0.3, -0.25) is 0 Å². The van der Waals surface area contributed by atoms with Crippen molar-refractivity contribution in [2.45, 2.75) is 113 Å². The van der Waals surface area contributed by atoms with E-state index in [4.69, 9.17) is 0 Å². The van der Waals surface area contributed by atoms with Crippen molar-refractivity contribution in [3.05, 3.63) is 34.4 Å². The lowest BCUT2D eigenvalue weighted by molar-refractivity contribution is 0.389.